The molecule has 1 amide bonds. The van der Waals surface area contributed by atoms with Crippen molar-refractivity contribution in [2.24, 2.45) is 0 Å². The molecule has 2 aromatic carbocycles. The second-order valence-corrected chi connectivity index (χ2v) is 5.03. The summed E-state index contributed by atoms with van der Waals surface area (Å²) in [6.07, 6.45) is 0. The third kappa shape index (κ3) is 4.23. The number of methoxy groups -OCH3 is 2. The largest absolute Gasteiger partial charge is 0.493 e. The van der Waals surface area contributed by atoms with E-state index in [0.717, 1.165) is 22.6 Å². The molecule has 122 valence electrons. The molecule has 2 rings (SSSR count). The van der Waals surface area contributed by atoms with Gasteiger partial charge in [-0.2, -0.15) is 0 Å². The zero-order valence-corrected chi connectivity index (χ0v) is 13.7. The number of amides is 1. The van der Waals surface area contributed by atoms with Crippen LogP contribution in [0.1, 0.15) is 21.5 Å². The SMILES string of the molecule is CNC(=O)c1ccc(CNCc2cccc(OC)c2OC)cc1. The normalized spacial score (nSPS) is 10.2. The van der Waals surface area contributed by atoms with E-state index in [1.165, 1.54) is 0 Å². The van der Waals surface area contributed by atoms with Crippen molar-refractivity contribution in [3.63, 3.8) is 0 Å². The summed E-state index contributed by atoms with van der Waals surface area (Å²) in [5.74, 6) is 1.39. The van der Waals surface area contributed by atoms with Gasteiger partial charge in [-0.1, -0.05) is 24.3 Å². The molecule has 0 fully saturated rings. The van der Waals surface area contributed by atoms with Crippen molar-refractivity contribution < 1.29 is 14.3 Å². The zero-order valence-electron chi connectivity index (χ0n) is 13.7. The van der Waals surface area contributed by atoms with Crippen LogP contribution < -0.4 is 20.1 Å². The zero-order chi connectivity index (χ0) is 16.7. The summed E-state index contributed by atoms with van der Waals surface area (Å²) in [5, 5.41) is 5.98. The Balaban J connectivity index is 1.96. The molecule has 0 unspecified atom stereocenters. The van der Waals surface area contributed by atoms with Crippen LogP contribution in [-0.4, -0.2) is 27.2 Å². The highest BCUT2D eigenvalue weighted by molar-refractivity contribution is 5.93. The van der Waals surface area contributed by atoms with E-state index in [1.54, 1.807) is 21.3 Å². The molecule has 0 spiro atoms. The van der Waals surface area contributed by atoms with Gasteiger partial charge in [0.2, 0.25) is 0 Å². The Bertz CT molecular complexity index is 654. The quantitative estimate of drug-likeness (QED) is 0.823. The minimum Gasteiger partial charge on any atom is -0.493 e. The number of para-hydroxylation sites is 1. The smallest absolute Gasteiger partial charge is 0.251 e. The van der Waals surface area contributed by atoms with Crippen LogP contribution in [0.2, 0.25) is 0 Å². The van der Waals surface area contributed by atoms with Crippen LogP contribution in [0, 0.1) is 0 Å². The highest BCUT2D eigenvalue weighted by Gasteiger charge is 2.09. The molecule has 23 heavy (non-hydrogen) atoms. The molecule has 2 N–H and O–H groups in total. The van der Waals surface area contributed by atoms with E-state index in [2.05, 4.69) is 10.6 Å². The predicted octanol–water partition coefficient (Wildman–Crippen LogP) is 2.35. The lowest BCUT2D eigenvalue weighted by atomic mass is 10.1. The Morgan fingerprint density at radius 1 is 1.00 bits per heavy atom. The first-order valence-corrected chi connectivity index (χ1v) is 7.41. The number of hydrogen-bond acceptors (Lipinski definition) is 4. The second kappa shape index (κ2) is 8.19. The van der Waals surface area contributed by atoms with Crippen LogP contribution in [0.25, 0.3) is 0 Å². The Morgan fingerprint density at radius 2 is 1.74 bits per heavy atom. The van der Waals surface area contributed by atoms with E-state index in [9.17, 15) is 4.79 Å². The fraction of sp³-hybridized carbons (Fsp3) is 0.278. The lowest BCUT2D eigenvalue weighted by Crippen LogP contribution is -2.18. The van der Waals surface area contributed by atoms with Gasteiger partial charge in [0.05, 0.1) is 14.2 Å². The van der Waals surface area contributed by atoms with Gasteiger partial charge in [-0.05, 0) is 23.8 Å². The number of ether oxygens (including phenoxy) is 2. The lowest BCUT2D eigenvalue weighted by Gasteiger charge is -2.13. The van der Waals surface area contributed by atoms with Crippen molar-refractivity contribution in [1.82, 2.24) is 10.6 Å². The fourth-order valence-corrected chi connectivity index (χ4v) is 2.35. The second-order valence-electron chi connectivity index (χ2n) is 5.03. The number of hydrogen-bond donors (Lipinski definition) is 2. The summed E-state index contributed by atoms with van der Waals surface area (Å²) in [5.41, 5.74) is 2.80. The van der Waals surface area contributed by atoms with E-state index in [-0.39, 0.29) is 5.91 Å². The molecule has 0 saturated carbocycles. The van der Waals surface area contributed by atoms with E-state index in [0.29, 0.717) is 18.7 Å². The third-order valence-corrected chi connectivity index (χ3v) is 3.57. The Hall–Kier alpha value is -2.53. The van der Waals surface area contributed by atoms with Crippen LogP contribution in [0.3, 0.4) is 0 Å². The minimum absolute atomic E-state index is 0.0781. The molecule has 0 bridgehead atoms. The van der Waals surface area contributed by atoms with Crippen LogP contribution in [0.4, 0.5) is 0 Å². The molecule has 5 nitrogen and oxygen atoms in total. The molecule has 0 aromatic heterocycles. The van der Waals surface area contributed by atoms with E-state index < -0.39 is 0 Å². The molecule has 0 atom stereocenters. The van der Waals surface area contributed by atoms with E-state index in [4.69, 9.17) is 9.47 Å². The van der Waals surface area contributed by atoms with Crippen LogP contribution >= 0.6 is 0 Å². The molecule has 0 heterocycles. The molecular formula is C18H22N2O3. The van der Waals surface area contributed by atoms with Gasteiger partial charge in [0.1, 0.15) is 0 Å². The first-order chi connectivity index (χ1) is 11.2. The lowest BCUT2D eigenvalue weighted by molar-refractivity contribution is 0.0963. The number of nitrogens with one attached hydrogen (secondary N) is 2. The number of rotatable bonds is 7. The maximum atomic E-state index is 11.5. The van der Waals surface area contributed by atoms with Crippen molar-refractivity contribution in [2.75, 3.05) is 21.3 Å². The first-order valence-electron chi connectivity index (χ1n) is 7.41. The summed E-state index contributed by atoms with van der Waals surface area (Å²) in [6, 6.07) is 13.4. The number of benzene rings is 2. The Labute approximate surface area is 136 Å². The van der Waals surface area contributed by atoms with Crippen LogP contribution in [0.5, 0.6) is 11.5 Å². The summed E-state index contributed by atoms with van der Waals surface area (Å²) >= 11 is 0. The standard InChI is InChI=1S/C18H22N2O3/c1-19-18(21)14-9-7-13(8-10-14)11-20-12-15-5-4-6-16(22-2)17(15)23-3/h4-10,20H,11-12H2,1-3H3,(H,19,21). The topological polar surface area (TPSA) is 59.6 Å². The van der Waals surface area contributed by atoms with E-state index in [1.807, 2.05) is 42.5 Å². The average Bonchev–Trinajstić information content (AvgIpc) is 2.61. The minimum atomic E-state index is -0.0781. The number of carbonyl (C=O) groups is 1. The Kier molecular flexibility index (Phi) is 6.00. The first kappa shape index (κ1) is 16.8. The van der Waals surface area contributed by atoms with Crippen LogP contribution in [0.15, 0.2) is 42.5 Å². The average molecular weight is 314 g/mol. The molecular weight excluding hydrogens is 292 g/mol. The van der Waals surface area contributed by atoms with Gasteiger partial charge in [-0.25, -0.2) is 0 Å². The molecule has 5 heteroatoms. The Morgan fingerprint density at radius 3 is 2.35 bits per heavy atom. The summed E-state index contributed by atoms with van der Waals surface area (Å²) in [7, 11) is 4.89. The highest BCUT2D eigenvalue weighted by Crippen LogP contribution is 2.30. The van der Waals surface area contributed by atoms with Gasteiger partial charge in [0, 0.05) is 31.3 Å². The monoisotopic (exact) mass is 314 g/mol. The summed E-state index contributed by atoms with van der Waals surface area (Å²) < 4.78 is 10.7. The summed E-state index contributed by atoms with van der Waals surface area (Å²) in [6.45, 7) is 1.37. The van der Waals surface area contributed by atoms with Gasteiger partial charge in [0.25, 0.3) is 5.91 Å². The maximum absolute atomic E-state index is 11.5. The van der Waals surface area contributed by atoms with Gasteiger partial charge >= 0.3 is 0 Å². The highest BCUT2D eigenvalue weighted by atomic mass is 16.5. The molecule has 2 aromatic rings. The van der Waals surface area contributed by atoms with Crippen molar-refractivity contribution in [3.05, 3.63) is 59.2 Å². The van der Waals surface area contributed by atoms with E-state index >= 15 is 0 Å². The van der Waals surface area contributed by atoms with Crippen molar-refractivity contribution in [2.45, 2.75) is 13.1 Å². The molecule has 0 saturated heterocycles. The number of carbonyl (C=O) groups excluding carboxylic acids is 1. The molecule has 0 aliphatic heterocycles. The van der Waals surface area contributed by atoms with Gasteiger partial charge < -0.3 is 20.1 Å². The molecule has 0 radical (unpaired) electrons. The van der Waals surface area contributed by atoms with Crippen molar-refractivity contribution in [1.29, 1.82) is 0 Å². The van der Waals surface area contributed by atoms with Gasteiger partial charge in [0.15, 0.2) is 11.5 Å². The summed E-state index contributed by atoms with van der Waals surface area (Å²) in [4.78, 5) is 11.5. The molecule has 0 aliphatic rings. The van der Waals surface area contributed by atoms with Gasteiger partial charge in [-0.3, -0.25) is 4.79 Å². The predicted molar refractivity (Wildman–Crippen MR) is 89.9 cm³/mol. The fourth-order valence-electron chi connectivity index (χ4n) is 2.35. The van der Waals surface area contributed by atoms with Crippen molar-refractivity contribution in [3.8, 4) is 11.5 Å². The molecule has 0 aliphatic carbocycles. The van der Waals surface area contributed by atoms with Gasteiger partial charge in [-0.15, -0.1) is 0 Å². The maximum Gasteiger partial charge on any atom is 0.251 e. The van der Waals surface area contributed by atoms with Crippen molar-refractivity contribution >= 4 is 5.91 Å². The van der Waals surface area contributed by atoms with Crippen LogP contribution in [-0.2, 0) is 13.1 Å². The third-order valence-electron chi connectivity index (χ3n) is 3.57.